The fourth-order valence-electron chi connectivity index (χ4n) is 3.04. The summed E-state index contributed by atoms with van der Waals surface area (Å²) in [5.74, 6) is 1.93. The predicted molar refractivity (Wildman–Crippen MR) is 109 cm³/mol. The average molecular weight is 382 g/mol. The van der Waals surface area contributed by atoms with Crippen LogP contribution in [0.4, 0.5) is 0 Å². The van der Waals surface area contributed by atoms with Crippen molar-refractivity contribution in [3.63, 3.8) is 0 Å². The Labute approximate surface area is 163 Å². The normalized spacial score (nSPS) is 10.8. The molecule has 0 saturated heterocycles. The van der Waals surface area contributed by atoms with Crippen LogP contribution in [0.15, 0.2) is 47.6 Å². The minimum atomic E-state index is 0.0991. The number of aryl methyl sites for hydroxylation is 2. The molecule has 5 nitrogen and oxygen atoms in total. The molecule has 0 aliphatic heterocycles. The van der Waals surface area contributed by atoms with Crippen LogP contribution in [0.5, 0.6) is 5.75 Å². The molecule has 2 aromatic carbocycles. The molecule has 27 heavy (non-hydrogen) atoms. The molecule has 1 aromatic heterocycles. The first-order valence-corrected chi connectivity index (χ1v) is 9.83. The van der Waals surface area contributed by atoms with E-state index in [4.69, 9.17) is 4.74 Å². The van der Waals surface area contributed by atoms with Crippen LogP contribution in [0.1, 0.15) is 28.4 Å². The first-order chi connectivity index (χ1) is 13.0. The average Bonchev–Trinajstić information content (AvgIpc) is 3.08. The number of hydrogen-bond acceptors (Lipinski definition) is 5. The van der Waals surface area contributed by atoms with Crippen LogP contribution in [0.3, 0.4) is 0 Å². The van der Waals surface area contributed by atoms with Crippen molar-refractivity contribution >= 4 is 17.5 Å². The molecule has 6 heteroatoms. The summed E-state index contributed by atoms with van der Waals surface area (Å²) in [4.78, 5) is 12.6. The van der Waals surface area contributed by atoms with E-state index in [1.54, 1.807) is 7.11 Å². The van der Waals surface area contributed by atoms with E-state index in [-0.39, 0.29) is 5.78 Å². The molecule has 1 heterocycles. The van der Waals surface area contributed by atoms with Crippen LogP contribution in [0.25, 0.3) is 11.4 Å². The number of para-hydroxylation sites is 1. The van der Waals surface area contributed by atoms with Gasteiger partial charge in [-0.15, -0.1) is 10.2 Å². The minimum Gasteiger partial charge on any atom is -0.496 e. The number of aromatic nitrogens is 3. The Balaban J connectivity index is 1.82. The molecule has 0 bridgehead atoms. The molecule has 0 N–H and O–H groups in total. The minimum absolute atomic E-state index is 0.0991. The molecular weight excluding hydrogens is 358 g/mol. The summed E-state index contributed by atoms with van der Waals surface area (Å²) in [5.41, 5.74) is 3.82. The number of hydrogen-bond donors (Lipinski definition) is 0. The Kier molecular flexibility index (Phi) is 5.96. The summed E-state index contributed by atoms with van der Waals surface area (Å²) < 4.78 is 7.46. The largest absolute Gasteiger partial charge is 0.496 e. The number of carbonyl (C=O) groups is 1. The van der Waals surface area contributed by atoms with Crippen LogP contribution in [0, 0.1) is 13.8 Å². The van der Waals surface area contributed by atoms with Crippen molar-refractivity contribution in [2.24, 2.45) is 0 Å². The summed E-state index contributed by atoms with van der Waals surface area (Å²) in [6.45, 7) is 6.75. The van der Waals surface area contributed by atoms with E-state index in [2.05, 4.69) is 10.2 Å². The van der Waals surface area contributed by atoms with Crippen molar-refractivity contribution in [1.82, 2.24) is 14.8 Å². The number of benzene rings is 2. The van der Waals surface area contributed by atoms with Gasteiger partial charge in [0.25, 0.3) is 0 Å². The van der Waals surface area contributed by atoms with Gasteiger partial charge in [-0.3, -0.25) is 4.79 Å². The number of ketones is 1. The number of nitrogens with zero attached hydrogens (tertiary/aromatic N) is 3. The van der Waals surface area contributed by atoms with E-state index in [0.717, 1.165) is 39.0 Å². The first-order valence-electron chi connectivity index (χ1n) is 8.85. The van der Waals surface area contributed by atoms with Crippen molar-refractivity contribution in [3.8, 4) is 17.1 Å². The molecule has 0 amide bonds. The number of thioether (sulfide) groups is 1. The zero-order valence-corrected chi connectivity index (χ0v) is 16.8. The van der Waals surface area contributed by atoms with Gasteiger partial charge in [0.05, 0.1) is 18.4 Å². The highest BCUT2D eigenvalue weighted by molar-refractivity contribution is 7.99. The number of rotatable bonds is 7. The van der Waals surface area contributed by atoms with Gasteiger partial charge in [-0.05, 0) is 38.5 Å². The number of ether oxygens (including phenoxy) is 1. The molecule has 0 radical (unpaired) electrons. The summed E-state index contributed by atoms with van der Waals surface area (Å²) in [6, 6.07) is 13.6. The zero-order valence-electron chi connectivity index (χ0n) is 16.0. The van der Waals surface area contributed by atoms with Gasteiger partial charge in [0.2, 0.25) is 0 Å². The van der Waals surface area contributed by atoms with Gasteiger partial charge >= 0.3 is 0 Å². The predicted octanol–water partition coefficient (Wildman–Crippen LogP) is 4.57. The third-order valence-corrected chi connectivity index (χ3v) is 5.36. The molecule has 0 fully saturated rings. The molecule has 3 rings (SSSR count). The lowest BCUT2D eigenvalue weighted by molar-refractivity contribution is 0.102. The van der Waals surface area contributed by atoms with Gasteiger partial charge < -0.3 is 9.30 Å². The molecule has 0 atom stereocenters. The lowest BCUT2D eigenvalue weighted by Gasteiger charge is -2.10. The Morgan fingerprint density at radius 2 is 1.93 bits per heavy atom. The molecule has 0 aliphatic carbocycles. The Hall–Kier alpha value is -2.60. The number of methoxy groups -OCH3 is 1. The fourth-order valence-corrected chi connectivity index (χ4v) is 3.93. The van der Waals surface area contributed by atoms with Gasteiger partial charge in [-0.2, -0.15) is 0 Å². The standard InChI is InChI=1S/C21H23N3O2S/c1-5-24-20(17-8-6-7-9-19(17)26-4)22-23-21(24)27-13-18(25)16-11-10-14(2)12-15(16)3/h6-12H,5,13H2,1-4H3. The fraction of sp³-hybridized carbons (Fsp3) is 0.286. The monoisotopic (exact) mass is 381 g/mol. The molecule has 0 saturated carbocycles. The second kappa shape index (κ2) is 8.39. The molecule has 3 aromatic rings. The van der Waals surface area contributed by atoms with Gasteiger partial charge in [-0.25, -0.2) is 0 Å². The highest BCUT2D eigenvalue weighted by Crippen LogP contribution is 2.31. The van der Waals surface area contributed by atoms with Crippen LogP contribution in [-0.4, -0.2) is 33.4 Å². The number of carbonyl (C=O) groups excluding carboxylic acids is 1. The number of Topliss-reactive ketones (excluding diaryl/α,β-unsaturated/α-hetero) is 1. The Morgan fingerprint density at radius 3 is 2.63 bits per heavy atom. The van der Waals surface area contributed by atoms with Crippen molar-refractivity contribution in [2.45, 2.75) is 32.5 Å². The zero-order chi connectivity index (χ0) is 19.4. The summed E-state index contributed by atoms with van der Waals surface area (Å²) in [5, 5.41) is 9.39. The van der Waals surface area contributed by atoms with E-state index in [0.29, 0.717) is 12.3 Å². The molecule has 140 valence electrons. The maximum atomic E-state index is 12.6. The van der Waals surface area contributed by atoms with E-state index >= 15 is 0 Å². The summed E-state index contributed by atoms with van der Waals surface area (Å²) >= 11 is 1.42. The van der Waals surface area contributed by atoms with Gasteiger partial charge in [0.15, 0.2) is 16.8 Å². The van der Waals surface area contributed by atoms with E-state index in [9.17, 15) is 4.79 Å². The van der Waals surface area contributed by atoms with Crippen molar-refractivity contribution in [2.75, 3.05) is 12.9 Å². The van der Waals surface area contributed by atoms with Crippen molar-refractivity contribution in [3.05, 3.63) is 59.2 Å². The highest BCUT2D eigenvalue weighted by Gasteiger charge is 2.18. The molecular formula is C21H23N3O2S. The SMILES string of the molecule is CCn1c(SCC(=O)c2ccc(C)cc2C)nnc1-c1ccccc1OC. The van der Waals surface area contributed by atoms with E-state index in [1.807, 2.05) is 67.8 Å². The van der Waals surface area contributed by atoms with Crippen LogP contribution in [0.2, 0.25) is 0 Å². The molecule has 0 unspecified atom stereocenters. The molecule has 0 aliphatic rings. The third-order valence-electron chi connectivity index (χ3n) is 4.40. The van der Waals surface area contributed by atoms with Crippen LogP contribution >= 0.6 is 11.8 Å². The van der Waals surface area contributed by atoms with Crippen LogP contribution in [-0.2, 0) is 6.54 Å². The van der Waals surface area contributed by atoms with Crippen molar-refractivity contribution in [1.29, 1.82) is 0 Å². The topological polar surface area (TPSA) is 57.0 Å². The third kappa shape index (κ3) is 4.06. The summed E-state index contributed by atoms with van der Waals surface area (Å²) in [7, 11) is 1.64. The second-order valence-corrected chi connectivity index (χ2v) is 7.22. The lowest BCUT2D eigenvalue weighted by atomic mass is 10.0. The smallest absolute Gasteiger partial charge is 0.191 e. The first kappa shape index (κ1) is 19.2. The quantitative estimate of drug-likeness (QED) is 0.443. The van der Waals surface area contributed by atoms with Gasteiger partial charge in [0, 0.05) is 12.1 Å². The Bertz CT molecular complexity index is 966. The van der Waals surface area contributed by atoms with Gasteiger partial charge in [-0.1, -0.05) is 47.7 Å². The maximum absolute atomic E-state index is 12.6. The van der Waals surface area contributed by atoms with Crippen molar-refractivity contribution < 1.29 is 9.53 Å². The summed E-state index contributed by atoms with van der Waals surface area (Å²) in [6.07, 6.45) is 0. The van der Waals surface area contributed by atoms with E-state index < -0.39 is 0 Å². The maximum Gasteiger partial charge on any atom is 0.191 e. The Morgan fingerprint density at radius 1 is 1.15 bits per heavy atom. The molecule has 0 spiro atoms. The second-order valence-electron chi connectivity index (χ2n) is 6.28. The van der Waals surface area contributed by atoms with E-state index in [1.165, 1.54) is 11.8 Å². The lowest BCUT2D eigenvalue weighted by Crippen LogP contribution is -2.07. The van der Waals surface area contributed by atoms with Gasteiger partial charge in [0.1, 0.15) is 5.75 Å². The highest BCUT2D eigenvalue weighted by atomic mass is 32.2. The van der Waals surface area contributed by atoms with Crippen LogP contribution < -0.4 is 4.74 Å².